The summed E-state index contributed by atoms with van der Waals surface area (Å²) in [5, 5.41) is 0. The molecule has 6 heteroatoms. The molecule has 0 aromatic heterocycles. The maximum Gasteiger partial charge on any atom is 0.248 e. The summed E-state index contributed by atoms with van der Waals surface area (Å²) in [5.41, 5.74) is 6.88. The molecular formula is C25H36N2O4. The summed E-state index contributed by atoms with van der Waals surface area (Å²) in [5.74, 6) is 0.415. The Morgan fingerprint density at radius 2 is 1.94 bits per heavy atom. The van der Waals surface area contributed by atoms with Crippen molar-refractivity contribution >= 4 is 5.91 Å². The molecule has 2 bridgehead atoms. The molecule has 170 valence electrons. The van der Waals surface area contributed by atoms with Gasteiger partial charge >= 0.3 is 0 Å². The van der Waals surface area contributed by atoms with Gasteiger partial charge in [0.05, 0.1) is 5.60 Å². The molecule has 0 spiro atoms. The average Bonchev–Trinajstić information content (AvgIpc) is 3.52. The van der Waals surface area contributed by atoms with Gasteiger partial charge < -0.3 is 19.9 Å². The predicted molar refractivity (Wildman–Crippen MR) is 118 cm³/mol. The SMILES string of the molecule is CO[C@@]1(c2cccc(C(N)=O)c2)[C@@H]2CCC[C@H]1CN(CC1(OC3CCCCO3)CC1)C2. The van der Waals surface area contributed by atoms with Gasteiger partial charge in [-0.25, -0.2) is 0 Å². The quantitative estimate of drug-likeness (QED) is 0.720. The molecule has 2 saturated carbocycles. The monoisotopic (exact) mass is 428 g/mol. The molecule has 6 nitrogen and oxygen atoms in total. The van der Waals surface area contributed by atoms with Crippen molar-refractivity contribution < 1.29 is 19.0 Å². The lowest BCUT2D eigenvalue weighted by Crippen LogP contribution is -2.60. The van der Waals surface area contributed by atoms with E-state index in [0.717, 1.165) is 70.3 Å². The fourth-order valence-corrected chi connectivity index (χ4v) is 6.43. The number of nitrogens with two attached hydrogens (primary N) is 1. The van der Waals surface area contributed by atoms with Crippen molar-refractivity contribution in [2.24, 2.45) is 17.6 Å². The van der Waals surface area contributed by atoms with Gasteiger partial charge in [-0.15, -0.1) is 0 Å². The van der Waals surface area contributed by atoms with Gasteiger partial charge in [0.2, 0.25) is 5.91 Å². The summed E-state index contributed by atoms with van der Waals surface area (Å²) in [7, 11) is 1.84. The van der Waals surface area contributed by atoms with Crippen molar-refractivity contribution in [3.63, 3.8) is 0 Å². The predicted octanol–water partition coefficient (Wildman–Crippen LogP) is 3.43. The largest absolute Gasteiger partial charge is 0.373 e. The molecule has 2 saturated heterocycles. The standard InChI is InChI=1S/C25H36N2O4/c1-29-25(19-7-4-6-18(14-19)23(26)28)20-8-5-9-21(25)16-27(15-20)17-24(11-12-24)31-22-10-2-3-13-30-22/h4,6-7,14,20-22H,2-3,5,8-13,15-17H2,1H3,(H2,26,28)/t20-,21+,22?,25+. The van der Waals surface area contributed by atoms with E-state index in [-0.39, 0.29) is 23.4 Å². The van der Waals surface area contributed by atoms with Gasteiger partial charge in [-0.3, -0.25) is 9.69 Å². The minimum atomic E-state index is -0.381. The molecule has 0 radical (unpaired) electrons. The minimum Gasteiger partial charge on any atom is -0.373 e. The third-order valence-corrected chi connectivity index (χ3v) is 8.05. The first kappa shape index (κ1) is 21.4. The van der Waals surface area contributed by atoms with E-state index in [0.29, 0.717) is 17.4 Å². The number of primary amides is 1. The Balaban J connectivity index is 1.33. The van der Waals surface area contributed by atoms with E-state index >= 15 is 0 Å². The molecule has 2 aliphatic carbocycles. The van der Waals surface area contributed by atoms with Crippen LogP contribution in [0.3, 0.4) is 0 Å². The average molecular weight is 429 g/mol. The lowest BCUT2D eigenvalue weighted by Gasteiger charge is -2.56. The number of carbonyl (C=O) groups is 1. The highest BCUT2D eigenvalue weighted by Crippen LogP contribution is 2.53. The van der Waals surface area contributed by atoms with Gasteiger partial charge in [-0.1, -0.05) is 18.6 Å². The van der Waals surface area contributed by atoms with Gasteiger partial charge in [0.15, 0.2) is 6.29 Å². The number of amides is 1. The number of ether oxygens (including phenoxy) is 3. The third kappa shape index (κ3) is 4.04. The molecule has 2 N–H and O–H groups in total. The lowest BCUT2D eigenvalue weighted by molar-refractivity contribution is -0.210. The number of benzene rings is 1. The topological polar surface area (TPSA) is 74.0 Å². The molecule has 31 heavy (non-hydrogen) atoms. The summed E-state index contributed by atoms with van der Waals surface area (Å²) in [6.45, 7) is 3.82. The van der Waals surface area contributed by atoms with E-state index in [2.05, 4.69) is 11.0 Å². The Bertz CT molecular complexity index is 788. The number of rotatable bonds is 7. The molecule has 2 heterocycles. The van der Waals surface area contributed by atoms with Crippen molar-refractivity contribution in [2.45, 2.75) is 68.9 Å². The van der Waals surface area contributed by atoms with E-state index in [1.165, 1.54) is 12.8 Å². The van der Waals surface area contributed by atoms with Crippen LogP contribution in [0.1, 0.15) is 67.3 Å². The zero-order chi connectivity index (χ0) is 21.5. The van der Waals surface area contributed by atoms with E-state index in [1.54, 1.807) is 6.07 Å². The molecule has 1 aromatic carbocycles. The van der Waals surface area contributed by atoms with Gasteiger partial charge in [0.25, 0.3) is 0 Å². The Morgan fingerprint density at radius 1 is 1.16 bits per heavy atom. The number of piperidine rings is 1. The summed E-state index contributed by atoms with van der Waals surface area (Å²) in [4.78, 5) is 14.4. The van der Waals surface area contributed by atoms with Gasteiger partial charge in [-0.2, -0.15) is 0 Å². The van der Waals surface area contributed by atoms with E-state index < -0.39 is 0 Å². The second-order valence-corrected chi connectivity index (χ2v) is 10.1. The Hall–Kier alpha value is -1.47. The smallest absolute Gasteiger partial charge is 0.248 e. The number of fused-ring (bicyclic) bond motifs is 2. The number of nitrogens with zero attached hydrogens (tertiary/aromatic N) is 1. The van der Waals surface area contributed by atoms with Gasteiger partial charge in [0, 0.05) is 50.8 Å². The van der Waals surface area contributed by atoms with Gasteiger partial charge in [-0.05, 0) is 62.6 Å². The van der Waals surface area contributed by atoms with Crippen molar-refractivity contribution in [1.29, 1.82) is 0 Å². The van der Waals surface area contributed by atoms with Crippen LogP contribution in [0.25, 0.3) is 0 Å². The number of hydrogen-bond acceptors (Lipinski definition) is 5. The van der Waals surface area contributed by atoms with Crippen LogP contribution in [0, 0.1) is 11.8 Å². The van der Waals surface area contributed by atoms with Crippen LogP contribution in [0.5, 0.6) is 0 Å². The van der Waals surface area contributed by atoms with Gasteiger partial charge in [0.1, 0.15) is 5.60 Å². The molecule has 1 unspecified atom stereocenters. The zero-order valence-electron chi connectivity index (χ0n) is 18.7. The van der Waals surface area contributed by atoms with Crippen molar-refractivity contribution in [2.75, 3.05) is 33.4 Å². The summed E-state index contributed by atoms with van der Waals surface area (Å²) >= 11 is 0. The lowest BCUT2D eigenvalue weighted by atomic mass is 9.62. The van der Waals surface area contributed by atoms with Crippen LogP contribution in [0.15, 0.2) is 24.3 Å². The fraction of sp³-hybridized carbons (Fsp3) is 0.720. The minimum absolute atomic E-state index is 0.0184. The second kappa shape index (κ2) is 8.47. The highest BCUT2D eigenvalue weighted by Gasteiger charge is 2.55. The molecule has 5 rings (SSSR count). The number of likely N-dealkylation sites (tertiary alicyclic amines) is 1. The Labute approximate surface area is 185 Å². The molecule has 2 aliphatic heterocycles. The summed E-state index contributed by atoms with van der Waals surface area (Å²) in [6, 6.07) is 7.80. The molecule has 4 fully saturated rings. The number of hydrogen-bond donors (Lipinski definition) is 1. The first-order valence-corrected chi connectivity index (χ1v) is 12.0. The first-order chi connectivity index (χ1) is 15.0. The van der Waals surface area contributed by atoms with Crippen LogP contribution in [-0.4, -0.2) is 56.0 Å². The van der Waals surface area contributed by atoms with E-state index in [4.69, 9.17) is 19.9 Å². The number of methoxy groups -OCH3 is 1. The van der Waals surface area contributed by atoms with Crippen molar-refractivity contribution in [3.8, 4) is 0 Å². The summed E-state index contributed by atoms with van der Waals surface area (Å²) in [6.07, 6.45) is 9.15. The molecule has 1 aromatic rings. The van der Waals surface area contributed by atoms with Crippen molar-refractivity contribution in [1.82, 2.24) is 4.90 Å². The maximum atomic E-state index is 11.8. The highest BCUT2D eigenvalue weighted by atomic mass is 16.7. The Kier molecular flexibility index (Phi) is 5.84. The molecule has 4 atom stereocenters. The molecule has 4 aliphatic rings. The van der Waals surface area contributed by atoms with E-state index in [9.17, 15) is 4.79 Å². The Morgan fingerprint density at radius 3 is 2.55 bits per heavy atom. The van der Waals surface area contributed by atoms with E-state index in [1.807, 2.05) is 19.2 Å². The van der Waals surface area contributed by atoms with Crippen molar-refractivity contribution in [3.05, 3.63) is 35.4 Å². The second-order valence-electron chi connectivity index (χ2n) is 10.1. The van der Waals surface area contributed by atoms with Crippen LogP contribution < -0.4 is 5.73 Å². The first-order valence-electron chi connectivity index (χ1n) is 12.0. The zero-order valence-corrected chi connectivity index (χ0v) is 18.7. The summed E-state index contributed by atoms with van der Waals surface area (Å²) < 4.78 is 18.7. The molecule has 1 amide bonds. The third-order valence-electron chi connectivity index (χ3n) is 8.05. The molecular weight excluding hydrogens is 392 g/mol. The van der Waals surface area contributed by atoms with Crippen LogP contribution in [0.2, 0.25) is 0 Å². The fourth-order valence-electron chi connectivity index (χ4n) is 6.43. The van der Waals surface area contributed by atoms with Crippen LogP contribution in [-0.2, 0) is 19.8 Å². The number of carbonyl (C=O) groups excluding carboxylic acids is 1. The maximum absolute atomic E-state index is 11.8. The highest BCUT2D eigenvalue weighted by molar-refractivity contribution is 5.92. The normalized spacial score (nSPS) is 34.9. The van der Waals surface area contributed by atoms with Crippen LogP contribution >= 0.6 is 0 Å². The van der Waals surface area contributed by atoms with Crippen LogP contribution in [0.4, 0.5) is 0 Å².